The Hall–Kier alpha value is -1.21. The van der Waals surface area contributed by atoms with E-state index in [0.29, 0.717) is 11.5 Å². The van der Waals surface area contributed by atoms with Crippen LogP contribution in [0, 0.1) is 0 Å². The largest absolute Gasteiger partial charge is 0.514 e. The zero-order chi connectivity index (χ0) is 15.4. The highest BCUT2D eigenvalue weighted by atomic mass is 33.1. The van der Waals surface area contributed by atoms with E-state index in [9.17, 15) is 13.2 Å². The van der Waals surface area contributed by atoms with Crippen molar-refractivity contribution in [3.63, 3.8) is 0 Å². The lowest BCUT2D eigenvalue weighted by molar-refractivity contribution is 0.0206. The summed E-state index contributed by atoms with van der Waals surface area (Å²) in [5, 5.41) is 0. The van der Waals surface area contributed by atoms with Crippen LogP contribution in [0.15, 0.2) is 24.3 Å². The number of rotatable bonds is 4. The Balaban J connectivity index is 2.57. The molecule has 0 radical (unpaired) electrons. The second-order valence-corrected chi connectivity index (χ2v) is 9.63. The Bertz CT molecular complexity index is 555. The molecule has 5 nitrogen and oxygen atoms in total. The molecule has 0 amide bonds. The van der Waals surface area contributed by atoms with E-state index in [-0.39, 0.29) is 0 Å². The minimum Gasteiger partial charge on any atom is -0.428 e. The van der Waals surface area contributed by atoms with Crippen LogP contribution in [0.4, 0.5) is 4.79 Å². The first-order chi connectivity index (χ1) is 9.05. The maximum atomic E-state index is 11.4. The van der Waals surface area contributed by atoms with Crippen LogP contribution >= 0.6 is 10.8 Å². The van der Waals surface area contributed by atoms with E-state index in [0.717, 1.165) is 22.6 Å². The van der Waals surface area contributed by atoms with Crippen LogP contribution in [0.25, 0.3) is 0 Å². The predicted molar refractivity (Wildman–Crippen MR) is 79.4 cm³/mol. The van der Waals surface area contributed by atoms with Crippen LogP contribution in [-0.4, -0.2) is 26.4 Å². The quantitative estimate of drug-likeness (QED) is 0.482. The highest BCUT2D eigenvalue weighted by Gasteiger charge is 2.17. The van der Waals surface area contributed by atoms with Crippen LogP contribution in [-0.2, 0) is 19.4 Å². The second kappa shape index (κ2) is 6.49. The van der Waals surface area contributed by atoms with Gasteiger partial charge in [0.15, 0.2) is 8.87 Å². The molecular formula is C13H18O5S2. The molecule has 1 aromatic rings. The lowest BCUT2D eigenvalue weighted by Crippen LogP contribution is -2.25. The van der Waals surface area contributed by atoms with E-state index in [4.69, 9.17) is 9.47 Å². The van der Waals surface area contributed by atoms with Gasteiger partial charge in [-0.15, -0.1) is 0 Å². The summed E-state index contributed by atoms with van der Waals surface area (Å²) >= 11 is 0. The van der Waals surface area contributed by atoms with Gasteiger partial charge in [-0.3, -0.25) is 0 Å². The van der Waals surface area contributed by atoms with E-state index < -0.39 is 20.6 Å². The van der Waals surface area contributed by atoms with Crippen molar-refractivity contribution in [2.45, 2.75) is 32.1 Å². The Labute approximate surface area is 123 Å². The molecule has 1 rings (SSSR count). The molecule has 0 saturated heterocycles. The van der Waals surface area contributed by atoms with Crippen LogP contribution in [0.1, 0.15) is 26.3 Å². The molecule has 0 fully saturated rings. The molecule has 112 valence electrons. The van der Waals surface area contributed by atoms with Crippen molar-refractivity contribution < 1.29 is 22.7 Å². The Morgan fingerprint density at radius 2 is 1.75 bits per heavy atom. The van der Waals surface area contributed by atoms with Gasteiger partial charge in [0.25, 0.3) is 0 Å². The van der Waals surface area contributed by atoms with Gasteiger partial charge >= 0.3 is 6.16 Å². The molecule has 0 aliphatic heterocycles. The third kappa shape index (κ3) is 7.40. The molecule has 0 aliphatic carbocycles. The van der Waals surface area contributed by atoms with E-state index in [1.165, 1.54) is 0 Å². The smallest absolute Gasteiger partial charge is 0.428 e. The number of hydrogen-bond acceptors (Lipinski definition) is 6. The van der Waals surface area contributed by atoms with Crippen molar-refractivity contribution >= 4 is 25.8 Å². The molecule has 0 aliphatic rings. The molecule has 7 heteroatoms. The zero-order valence-electron chi connectivity index (χ0n) is 11.9. The van der Waals surface area contributed by atoms with E-state index in [1.54, 1.807) is 45.0 Å². The molecule has 0 spiro atoms. The fourth-order valence-electron chi connectivity index (χ4n) is 1.20. The Kier molecular flexibility index (Phi) is 5.47. The number of carbonyl (C=O) groups is 1. The van der Waals surface area contributed by atoms with Crippen LogP contribution < -0.4 is 4.74 Å². The maximum absolute atomic E-state index is 11.4. The van der Waals surface area contributed by atoms with Gasteiger partial charge in [-0.2, -0.15) is 0 Å². The lowest BCUT2D eigenvalue weighted by Gasteiger charge is -2.18. The summed E-state index contributed by atoms with van der Waals surface area (Å²) in [5.41, 5.74) is 0.223. The molecule has 20 heavy (non-hydrogen) atoms. The van der Waals surface area contributed by atoms with Crippen molar-refractivity contribution in [2.24, 2.45) is 0 Å². The van der Waals surface area contributed by atoms with Gasteiger partial charge in [0.05, 0.1) is 0 Å². The molecule has 0 heterocycles. The standard InChI is InChI=1S/C13H18O5S2/c1-13(2,3)18-12(14)17-11-7-5-10(6-8-11)9-19-20(4,15)16/h5-8H,9H2,1-4H3. The SMILES string of the molecule is CC(C)(C)OC(=O)Oc1ccc(CSS(C)(=O)=O)cc1. The third-order valence-corrected chi connectivity index (χ3v) is 4.47. The molecule has 0 aromatic heterocycles. The Morgan fingerprint density at radius 3 is 2.20 bits per heavy atom. The molecule has 0 unspecified atom stereocenters. The number of benzene rings is 1. The van der Waals surface area contributed by atoms with Gasteiger partial charge in [-0.1, -0.05) is 12.1 Å². The fraction of sp³-hybridized carbons (Fsp3) is 0.462. The summed E-state index contributed by atoms with van der Waals surface area (Å²) in [5.74, 6) is 0.707. The summed E-state index contributed by atoms with van der Waals surface area (Å²) < 4.78 is 32.1. The molecule has 0 saturated carbocycles. The molecule has 1 aromatic carbocycles. The topological polar surface area (TPSA) is 69.7 Å². The highest BCUT2D eigenvalue weighted by molar-refractivity contribution is 8.71. The molecular weight excluding hydrogens is 300 g/mol. The van der Waals surface area contributed by atoms with Crippen molar-refractivity contribution in [1.82, 2.24) is 0 Å². The number of hydrogen-bond donors (Lipinski definition) is 0. The van der Waals surface area contributed by atoms with Crippen molar-refractivity contribution in [3.05, 3.63) is 29.8 Å². The van der Waals surface area contributed by atoms with Gasteiger partial charge < -0.3 is 9.47 Å². The average molecular weight is 318 g/mol. The highest BCUT2D eigenvalue weighted by Crippen LogP contribution is 2.20. The molecule has 0 atom stereocenters. The van der Waals surface area contributed by atoms with E-state index in [2.05, 4.69) is 0 Å². The van der Waals surface area contributed by atoms with Crippen molar-refractivity contribution in [2.75, 3.05) is 6.26 Å². The third-order valence-electron chi connectivity index (χ3n) is 1.95. The second-order valence-electron chi connectivity index (χ2n) is 5.18. The average Bonchev–Trinajstić information content (AvgIpc) is 2.24. The number of ether oxygens (including phenoxy) is 2. The summed E-state index contributed by atoms with van der Waals surface area (Å²) in [6, 6.07) is 6.61. The zero-order valence-corrected chi connectivity index (χ0v) is 13.5. The molecule has 0 N–H and O–H groups in total. The lowest BCUT2D eigenvalue weighted by atomic mass is 10.2. The maximum Gasteiger partial charge on any atom is 0.514 e. The summed E-state index contributed by atoms with van der Waals surface area (Å²) in [6.45, 7) is 5.25. The summed E-state index contributed by atoms with van der Waals surface area (Å²) in [6.07, 6.45) is 0.397. The number of carbonyl (C=O) groups excluding carboxylic acids is 1. The van der Waals surface area contributed by atoms with Crippen molar-refractivity contribution in [1.29, 1.82) is 0 Å². The monoisotopic (exact) mass is 318 g/mol. The van der Waals surface area contributed by atoms with Gasteiger partial charge in [0.2, 0.25) is 0 Å². The van der Waals surface area contributed by atoms with Gasteiger partial charge in [-0.05, 0) is 49.3 Å². The predicted octanol–water partition coefficient (Wildman–Crippen LogP) is 3.19. The van der Waals surface area contributed by atoms with Crippen LogP contribution in [0.2, 0.25) is 0 Å². The summed E-state index contributed by atoms with van der Waals surface area (Å²) in [7, 11) is -2.21. The van der Waals surface area contributed by atoms with Gasteiger partial charge in [-0.25, -0.2) is 13.2 Å². The van der Waals surface area contributed by atoms with Crippen LogP contribution in [0.3, 0.4) is 0 Å². The normalized spacial score (nSPS) is 12.0. The van der Waals surface area contributed by atoms with E-state index >= 15 is 0 Å². The van der Waals surface area contributed by atoms with E-state index in [1.807, 2.05) is 0 Å². The molecule has 0 bridgehead atoms. The fourth-order valence-corrected chi connectivity index (χ4v) is 2.79. The first-order valence-electron chi connectivity index (χ1n) is 5.89. The minimum atomic E-state index is -3.06. The van der Waals surface area contributed by atoms with Crippen molar-refractivity contribution in [3.8, 4) is 5.75 Å². The van der Waals surface area contributed by atoms with Crippen LogP contribution in [0.5, 0.6) is 5.75 Å². The van der Waals surface area contributed by atoms with Gasteiger partial charge in [0, 0.05) is 12.0 Å². The Morgan fingerprint density at radius 1 is 1.20 bits per heavy atom. The minimum absolute atomic E-state index is 0.353. The van der Waals surface area contributed by atoms with Gasteiger partial charge in [0.1, 0.15) is 11.4 Å². The first kappa shape index (κ1) is 16.8. The summed E-state index contributed by atoms with van der Waals surface area (Å²) in [4.78, 5) is 11.4. The first-order valence-corrected chi connectivity index (χ1v) is 9.29.